The van der Waals surface area contributed by atoms with Crippen LogP contribution in [0.2, 0.25) is 0 Å². The molecule has 1 saturated heterocycles. The zero-order chi connectivity index (χ0) is 17.8. The maximum absolute atomic E-state index is 13.8. The molecule has 0 saturated carbocycles. The van der Waals surface area contributed by atoms with Crippen LogP contribution in [0, 0.1) is 11.6 Å². The van der Waals surface area contributed by atoms with E-state index in [1.54, 1.807) is 7.05 Å². The van der Waals surface area contributed by atoms with Gasteiger partial charge in [0, 0.05) is 38.4 Å². The molecule has 1 amide bonds. The largest absolute Gasteiger partial charge is 0.372 e. The summed E-state index contributed by atoms with van der Waals surface area (Å²) in [6.07, 6.45) is 3.74. The van der Waals surface area contributed by atoms with Crippen molar-refractivity contribution in [2.45, 2.75) is 25.8 Å². The molecule has 0 aromatic heterocycles. The molecule has 0 N–H and O–H groups in total. The molecule has 2 aromatic rings. The number of piperidine rings is 1. The van der Waals surface area contributed by atoms with Crippen molar-refractivity contribution in [1.82, 2.24) is 4.90 Å². The van der Waals surface area contributed by atoms with E-state index in [4.69, 9.17) is 0 Å². The van der Waals surface area contributed by atoms with Gasteiger partial charge in [0.05, 0.1) is 5.56 Å². The van der Waals surface area contributed by atoms with Crippen LogP contribution in [-0.2, 0) is 6.54 Å². The first-order chi connectivity index (χ1) is 12.0. The smallest absolute Gasteiger partial charge is 0.256 e. The van der Waals surface area contributed by atoms with Crippen molar-refractivity contribution < 1.29 is 13.6 Å². The Kier molecular flexibility index (Phi) is 5.31. The van der Waals surface area contributed by atoms with Gasteiger partial charge in [-0.2, -0.15) is 0 Å². The number of rotatable bonds is 4. The van der Waals surface area contributed by atoms with Crippen LogP contribution in [0.25, 0.3) is 0 Å². The summed E-state index contributed by atoms with van der Waals surface area (Å²) in [5.74, 6) is -1.99. The van der Waals surface area contributed by atoms with Crippen LogP contribution in [0.4, 0.5) is 14.5 Å². The van der Waals surface area contributed by atoms with Gasteiger partial charge in [-0.15, -0.1) is 0 Å². The first kappa shape index (κ1) is 17.4. The van der Waals surface area contributed by atoms with Crippen LogP contribution in [-0.4, -0.2) is 30.9 Å². The topological polar surface area (TPSA) is 23.6 Å². The average molecular weight is 344 g/mol. The molecule has 1 aliphatic heterocycles. The summed E-state index contributed by atoms with van der Waals surface area (Å²) in [4.78, 5) is 16.2. The van der Waals surface area contributed by atoms with Gasteiger partial charge in [0.2, 0.25) is 0 Å². The first-order valence-electron chi connectivity index (χ1n) is 8.59. The number of hydrogen-bond acceptors (Lipinski definition) is 2. The second-order valence-corrected chi connectivity index (χ2v) is 6.50. The molecule has 132 valence electrons. The van der Waals surface area contributed by atoms with E-state index in [9.17, 15) is 13.6 Å². The zero-order valence-electron chi connectivity index (χ0n) is 14.3. The number of benzene rings is 2. The Morgan fingerprint density at radius 1 is 1.04 bits per heavy atom. The lowest BCUT2D eigenvalue weighted by atomic mass is 10.1. The highest BCUT2D eigenvalue weighted by atomic mass is 19.1. The summed E-state index contributed by atoms with van der Waals surface area (Å²) < 4.78 is 26.7. The van der Waals surface area contributed by atoms with Crippen LogP contribution in [0.3, 0.4) is 0 Å². The van der Waals surface area contributed by atoms with E-state index < -0.39 is 17.5 Å². The van der Waals surface area contributed by atoms with Crippen LogP contribution in [0.1, 0.15) is 35.2 Å². The van der Waals surface area contributed by atoms with Gasteiger partial charge in [-0.1, -0.05) is 12.1 Å². The summed E-state index contributed by atoms with van der Waals surface area (Å²) in [5.41, 5.74) is 2.05. The number of halogens is 2. The molecular formula is C20H22F2N2O. The number of nitrogens with zero attached hydrogens (tertiary/aromatic N) is 2. The van der Waals surface area contributed by atoms with Crippen molar-refractivity contribution in [2.24, 2.45) is 0 Å². The Balaban J connectivity index is 1.65. The Morgan fingerprint density at radius 3 is 2.36 bits per heavy atom. The van der Waals surface area contributed by atoms with Crippen LogP contribution in [0.15, 0.2) is 42.5 Å². The van der Waals surface area contributed by atoms with E-state index in [1.807, 2.05) is 12.1 Å². The number of anilines is 1. The zero-order valence-corrected chi connectivity index (χ0v) is 14.3. The van der Waals surface area contributed by atoms with Gasteiger partial charge in [0.15, 0.2) is 0 Å². The minimum absolute atomic E-state index is 0.117. The maximum atomic E-state index is 13.8. The van der Waals surface area contributed by atoms with Crippen LogP contribution in [0.5, 0.6) is 0 Å². The van der Waals surface area contributed by atoms with Gasteiger partial charge >= 0.3 is 0 Å². The predicted octanol–water partition coefficient (Wildman–Crippen LogP) is 4.23. The Morgan fingerprint density at radius 2 is 1.72 bits per heavy atom. The minimum atomic E-state index is -0.836. The molecule has 1 heterocycles. The van der Waals surface area contributed by atoms with Crippen molar-refractivity contribution in [2.75, 3.05) is 25.0 Å². The van der Waals surface area contributed by atoms with Crippen molar-refractivity contribution in [1.29, 1.82) is 0 Å². The molecule has 0 atom stereocenters. The number of amides is 1. The van der Waals surface area contributed by atoms with Crippen molar-refractivity contribution in [3.05, 3.63) is 65.2 Å². The summed E-state index contributed by atoms with van der Waals surface area (Å²) >= 11 is 0. The lowest BCUT2D eigenvalue weighted by Gasteiger charge is -2.29. The standard InChI is InChI=1S/C20H22F2N2O/c1-23(20(25)18-10-7-16(21)13-19(18)22)14-15-5-8-17(9-6-15)24-11-3-2-4-12-24/h5-10,13H,2-4,11-12,14H2,1H3. The summed E-state index contributed by atoms with van der Waals surface area (Å²) in [7, 11) is 1.61. The van der Waals surface area contributed by atoms with Gasteiger partial charge in [0.25, 0.3) is 5.91 Å². The highest BCUT2D eigenvalue weighted by molar-refractivity contribution is 5.94. The molecular weight excluding hydrogens is 322 g/mol. The molecule has 1 aliphatic rings. The highest BCUT2D eigenvalue weighted by Gasteiger charge is 2.17. The Bertz CT molecular complexity index is 740. The molecule has 0 unspecified atom stereocenters. The predicted molar refractivity (Wildman–Crippen MR) is 94.7 cm³/mol. The molecule has 0 spiro atoms. The quantitative estimate of drug-likeness (QED) is 0.829. The molecule has 3 rings (SSSR count). The Labute approximate surface area is 146 Å². The van der Waals surface area contributed by atoms with Gasteiger partial charge in [-0.3, -0.25) is 4.79 Å². The van der Waals surface area contributed by atoms with Gasteiger partial charge in [-0.05, 0) is 49.1 Å². The summed E-state index contributed by atoms with van der Waals surface area (Å²) in [6.45, 7) is 2.54. The van der Waals surface area contributed by atoms with Crippen molar-refractivity contribution in [3.8, 4) is 0 Å². The molecule has 5 heteroatoms. The van der Waals surface area contributed by atoms with Gasteiger partial charge in [0.1, 0.15) is 11.6 Å². The SMILES string of the molecule is CN(Cc1ccc(N2CCCCC2)cc1)C(=O)c1ccc(F)cc1F. The number of carbonyl (C=O) groups is 1. The second-order valence-electron chi connectivity index (χ2n) is 6.50. The van der Waals surface area contributed by atoms with Crippen LogP contribution >= 0.6 is 0 Å². The summed E-state index contributed by atoms with van der Waals surface area (Å²) in [6, 6.07) is 11.1. The number of hydrogen-bond donors (Lipinski definition) is 0. The third-order valence-corrected chi connectivity index (χ3v) is 4.59. The third kappa shape index (κ3) is 4.16. The normalized spacial score (nSPS) is 14.4. The van der Waals surface area contributed by atoms with Crippen LogP contribution < -0.4 is 4.90 Å². The van der Waals surface area contributed by atoms with Gasteiger partial charge in [-0.25, -0.2) is 8.78 Å². The lowest BCUT2D eigenvalue weighted by molar-refractivity contribution is 0.0780. The van der Waals surface area contributed by atoms with Crippen molar-refractivity contribution >= 4 is 11.6 Å². The monoisotopic (exact) mass is 344 g/mol. The molecule has 2 aromatic carbocycles. The van der Waals surface area contributed by atoms with E-state index in [2.05, 4.69) is 17.0 Å². The van der Waals surface area contributed by atoms with E-state index in [0.29, 0.717) is 6.54 Å². The van der Waals surface area contributed by atoms with E-state index in [1.165, 1.54) is 35.9 Å². The fraction of sp³-hybridized carbons (Fsp3) is 0.350. The maximum Gasteiger partial charge on any atom is 0.256 e. The Hall–Kier alpha value is -2.43. The third-order valence-electron chi connectivity index (χ3n) is 4.59. The average Bonchev–Trinajstić information content (AvgIpc) is 2.62. The molecule has 0 bridgehead atoms. The number of carbonyl (C=O) groups excluding carboxylic acids is 1. The fourth-order valence-electron chi connectivity index (χ4n) is 3.18. The minimum Gasteiger partial charge on any atom is -0.372 e. The molecule has 0 radical (unpaired) electrons. The summed E-state index contributed by atoms with van der Waals surface area (Å²) in [5, 5.41) is 0. The highest BCUT2D eigenvalue weighted by Crippen LogP contribution is 2.21. The second kappa shape index (κ2) is 7.64. The molecule has 0 aliphatic carbocycles. The van der Waals surface area contributed by atoms with Gasteiger partial charge < -0.3 is 9.80 Å². The van der Waals surface area contributed by atoms with E-state index in [0.717, 1.165) is 30.8 Å². The first-order valence-corrected chi connectivity index (χ1v) is 8.59. The molecule has 1 fully saturated rings. The van der Waals surface area contributed by atoms with E-state index >= 15 is 0 Å². The molecule has 25 heavy (non-hydrogen) atoms. The van der Waals surface area contributed by atoms with Crippen molar-refractivity contribution in [3.63, 3.8) is 0 Å². The lowest BCUT2D eigenvalue weighted by Crippen LogP contribution is -2.29. The molecule has 3 nitrogen and oxygen atoms in total. The van der Waals surface area contributed by atoms with E-state index in [-0.39, 0.29) is 5.56 Å². The fourth-order valence-corrected chi connectivity index (χ4v) is 3.18.